The number of benzene rings is 2. The number of amides is 1. The summed E-state index contributed by atoms with van der Waals surface area (Å²) in [5.41, 5.74) is 2.69. The van der Waals surface area contributed by atoms with Crippen LogP contribution in [0.5, 0.6) is 5.88 Å². The van der Waals surface area contributed by atoms with E-state index in [1.54, 1.807) is 19.4 Å². The van der Waals surface area contributed by atoms with E-state index in [0.29, 0.717) is 68.9 Å². The second kappa shape index (κ2) is 14.9. The van der Waals surface area contributed by atoms with Crippen molar-refractivity contribution in [2.24, 2.45) is 12.5 Å². The smallest absolute Gasteiger partial charge is 0.395 e. The minimum Gasteiger partial charge on any atom is -0.481 e. The zero-order valence-electron chi connectivity index (χ0n) is 29.0. The fourth-order valence-corrected chi connectivity index (χ4v) is 6.77. The number of pyridine rings is 1. The van der Waals surface area contributed by atoms with Crippen LogP contribution in [0.25, 0.3) is 39.0 Å². The van der Waals surface area contributed by atoms with Crippen molar-refractivity contribution in [3.63, 3.8) is 0 Å². The van der Waals surface area contributed by atoms with E-state index in [1.165, 1.54) is 16.1 Å². The van der Waals surface area contributed by atoms with Crippen molar-refractivity contribution in [1.82, 2.24) is 35.1 Å². The van der Waals surface area contributed by atoms with Gasteiger partial charge in [-0.3, -0.25) is 14.2 Å². The van der Waals surface area contributed by atoms with Gasteiger partial charge in [0, 0.05) is 78.7 Å². The van der Waals surface area contributed by atoms with Crippen molar-refractivity contribution >= 4 is 34.6 Å². The monoisotopic (exact) mass is 755 g/mol. The van der Waals surface area contributed by atoms with Crippen LogP contribution in [0.4, 0.5) is 13.2 Å². The number of halogens is 5. The molecule has 1 aliphatic heterocycles. The molecule has 3 N–H and O–H groups in total. The van der Waals surface area contributed by atoms with Crippen LogP contribution in [0.2, 0.25) is 10.0 Å². The molecule has 1 unspecified atom stereocenters. The van der Waals surface area contributed by atoms with Crippen LogP contribution in [0.3, 0.4) is 0 Å². The largest absolute Gasteiger partial charge is 0.481 e. The normalized spacial score (nSPS) is 15.0. The lowest BCUT2D eigenvalue weighted by Crippen LogP contribution is -2.41. The maximum absolute atomic E-state index is 13.3. The van der Waals surface area contributed by atoms with Gasteiger partial charge in [-0.2, -0.15) is 18.3 Å². The third-order valence-electron chi connectivity index (χ3n) is 9.35. The first-order valence-corrected chi connectivity index (χ1v) is 17.4. The van der Waals surface area contributed by atoms with Crippen molar-refractivity contribution < 1.29 is 22.7 Å². The Morgan fingerprint density at radius 3 is 2.29 bits per heavy atom. The maximum atomic E-state index is 13.3. The molecular formula is C37H38Cl2F3N7O3. The minimum absolute atomic E-state index is 0.0402. The lowest BCUT2D eigenvalue weighted by Gasteiger charge is -2.27. The highest BCUT2D eigenvalue weighted by molar-refractivity contribution is 6.39. The standard InChI is InChI=1S/C37H38Cl2F3N7O3/c1-36(2,37(40,41)42)20-44-18-30-47-49-19-22(15-29(49)35(51)48(30)3)24-7-5-8-25(32(24)38)26-9-6-10-27(33(26)39)28-13-11-21(34(46-28)52-4)16-43-17-23-12-14-31(50)45-23/h5-11,13,15,19,23,43-44H,12,14,16-18,20H2,1-4H3,(H,45,50). The molecule has 1 fully saturated rings. The van der Waals surface area contributed by atoms with E-state index in [0.717, 1.165) is 25.8 Å². The molecule has 1 saturated heterocycles. The number of hydrogen-bond acceptors (Lipinski definition) is 7. The van der Waals surface area contributed by atoms with Gasteiger partial charge in [-0.1, -0.05) is 65.7 Å². The van der Waals surface area contributed by atoms with Crippen molar-refractivity contribution in [1.29, 1.82) is 0 Å². The highest BCUT2D eigenvalue weighted by atomic mass is 35.5. The number of alkyl halides is 3. The summed E-state index contributed by atoms with van der Waals surface area (Å²) in [7, 11) is 3.09. The number of nitrogens with zero attached hydrogens (tertiary/aromatic N) is 4. The molecule has 52 heavy (non-hydrogen) atoms. The van der Waals surface area contributed by atoms with E-state index < -0.39 is 11.6 Å². The van der Waals surface area contributed by atoms with Gasteiger partial charge in [-0.25, -0.2) is 9.50 Å². The molecule has 2 aromatic carbocycles. The number of aromatic nitrogens is 4. The minimum atomic E-state index is -4.39. The van der Waals surface area contributed by atoms with Gasteiger partial charge in [0.15, 0.2) is 0 Å². The van der Waals surface area contributed by atoms with E-state index in [9.17, 15) is 22.8 Å². The SMILES string of the molecule is COc1nc(-c2cccc(-c3cccc(-c4cc5c(=O)n(C)c(CNCC(C)(C)C(F)(F)F)nn5c4)c3Cl)c2Cl)ccc1CNCC1CCC(=O)N1. The van der Waals surface area contributed by atoms with Gasteiger partial charge in [-0.05, 0) is 32.4 Å². The fraction of sp³-hybridized carbons (Fsp3) is 0.351. The van der Waals surface area contributed by atoms with Gasteiger partial charge < -0.3 is 20.7 Å². The topological polar surface area (TPSA) is 115 Å². The zero-order chi connectivity index (χ0) is 37.4. The summed E-state index contributed by atoms with van der Waals surface area (Å²) < 4.78 is 48.4. The third kappa shape index (κ3) is 7.54. The van der Waals surface area contributed by atoms with Crippen LogP contribution in [0, 0.1) is 5.41 Å². The van der Waals surface area contributed by atoms with E-state index in [-0.39, 0.29) is 41.9 Å². The number of fused-ring (bicyclic) bond motifs is 1. The first-order chi connectivity index (χ1) is 24.7. The second-order valence-corrected chi connectivity index (χ2v) is 14.2. The Labute approximate surface area is 308 Å². The second-order valence-electron chi connectivity index (χ2n) is 13.5. The number of methoxy groups -OCH3 is 1. The molecule has 3 aromatic heterocycles. The molecule has 0 bridgehead atoms. The van der Waals surface area contributed by atoms with E-state index in [2.05, 4.69) is 21.0 Å². The molecule has 0 spiro atoms. The highest BCUT2D eigenvalue weighted by Gasteiger charge is 2.46. The van der Waals surface area contributed by atoms with Crippen molar-refractivity contribution in [2.75, 3.05) is 20.2 Å². The number of carbonyl (C=O) groups excluding carboxylic acids is 1. The lowest BCUT2D eigenvalue weighted by atomic mass is 9.93. The van der Waals surface area contributed by atoms with Gasteiger partial charge in [0.05, 0.1) is 34.8 Å². The molecule has 0 radical (unpaired) electrons. The quantitative estimate of drug-likeness (QED) is 0.129. The molecular weight excluding hydrogens is 718 g/mol. The average Bonchev–Trinajstić information content (AvgIpc) is 3.72. The van der Waals surface area contributed by atoms with Crippen molar-refractivity contribution in [3.8, 4) is 39.4 Å². The van der Waals surface area contributed by atoms with Crippen LogP contribution in [0.15, 0.2) is 65.6 Å². The third-order valence-corrected chi connectivity index (χ3v) is 10.2. The molecule has 274 valence electrons. The molecule has 1 atom stereocenters. The number of carbonyl (C=O) groups is 1. The van der Waals surface area contributed by atoms with Crippen LogP contribution >= 0.6 is 23.2 Å². The number of hydrogen-bond donors (Lipinski definition) is 3. The fourth-order valence-electron chi connectivity index (χ4n) is 6.11. The van der Waals surface area contributed by atoms with Gasteiger partial charge in [0.2, 0.25) is 11.8 Å². The van der Waals surface area contributed by atoms with Crippen LogP contribution in [-0.4, -0.2) is 57.5 Å². The molecule has 5 aromatic rings. The Morgan fingerprint density at radius 1 is 0.962 bits per heavy atom. The van der Waals surface area contributed by atoms with Gasteiger partial charge in [0.25, 0.3) is 5.56 Å². The van der Waals surface area contributed by atoms with Crippen molar-refractivity contribution in [3.05, 3.63) is 92.6 Å². The summed E-state index contributed by atoms with van der Waals surface area (Å²) >= 11 is 14.1. The molecule has 15 heteroatoms. The van der Waals surface area contributed by atoms with Gasteiger partial charge >= 0.3 is 6.18 Å². The molecule has 1 aliphatic rings. The van der Waals surface area contributed by atoms with Gasteiger partial charge in [-0.15, -0.1) is 0 Å². The summed E-state index contributed by atoms with van der Waals surface area (Å²) in [6, 6.07) is 16.7. The average molecular weight is 757 g/mol. The summed E-state index contributed by atoms with van der Waals surface area (Å²) in [4.78, 5) is 29.6. The molecule has 0 aliphatic carbocycles. The number of ether oxygens (including phenoxy) is 1. The summed E-state index contributed by atoms with van der Waals surface area (Å²) in [6.45, 7) is 2.99. The molecule has 6 rings (SSSR count). The van der Waals surface area contributed by atoms with E-state index in [1.807, 2.05) is 48.5 Å². The number of nitrogens with one attached hydrogen (secondary N) is 3. The Kier molecular flexibility index (Phi) is 10.7. The summed E-state index contributed by atoms with van der Waals surface area (Å²) in [6.07, 6.45) is -1.37. The first kappa shape index (κ1) is 37.3. The van der Waals surface area contributed by atoms with Gasteiger partial charge in [0.1, 0.15) is 11.3 Å². The molecule has 1 amide bonds. The predicted octanol–water partition coefficient (Wildman–Crippen LogP) is 6.79. The lowest BCUT2D eigenvalue weighted by molar-refractivity contribution is -0.209. The molecule has 0 saturated carbocycles. The van der Waals surface area contributed by atoms with E-state index >= 15 is 0 Å². The first-order valence-electron chi connectivity index (χ1n) is 16.7. The van der Waals surface area contributed by atoms with Crippen LogP contribution < -0.4 is 26.2 Å². The number of rotatable bonds is 12. The zero-order valence-corrected chi connectivity index (χ0v) is 30.5. The Balaban J connectivity index is 1.25. The Bertz CT molecular complexity index is 2200. The van der Waals surface area contributed by atoms with Crippen LogP contribution in [-0.2, 0) is 24.9 Å². The Morgan fingerprint density at radius 2 is 1.63 bits per heavy atom. The molecule has 4 heterocycles. The van der Waals surface area contributed by atoms with E-state index in [4.69, 9.17) is 32.9 Å². The summed E-state index contributed by atoms with van der Waals surface area (Å²) in [5.74, 6) is 0.795. The molecule has 10 nitrogen and oxygen atoms in total. The van der Waals surface area contributed by atoms with Crippen molar-refractivity contribution in [2.45, 2.75) is 52.0 Å². The summed E-state index contributed by atoms with van der Waals surface area (Å²) in [5, 5.41) is 14.5. The Hall–Kier alpha value is -4.43. The maximum Gasteiger partial charge on any atom is 0.395 e. The van der Waals surface area contributed by atoms with Crippen LogP contribution in [0.1, 0.15) is 38.1 Å². The highest BCUT2D eigenvalue weighted by Crippen LogP contribution is 2.42. The predicted molar refractivity (Wildman–Crippen MR) is 196 cm³/mol.